The number of rotatable bonds is 5. The molecule has 1 N–H and O–H groups in total. The van der Waals surface area contributed by atoms with Gasteiger partial charge in [0.05, 0.1) is 17.5 Å². The third-order valence-electron chi connectivity index (χ3n) is 4.58. The van der Waals surface area contributed by atoms with Gasteiger partial charge in [0.25, 0.3) is 5.91 Å². The van der Waals surface area contributed by atoms with E-state index in [2.05, 4.69) is 0 Å². The summed E-state index contributed by atoms with van der Waals surface area (Å²) in [4.78, 5) is 26.4. The molecule has 1 aliphatic heterocycles. The summed E-state index contributed by atoms with van der Waals surface area (Å²) in [6, 6.07) is 12.7. The highest BCUT2D eigenvalue weighted by atomic mass is 32.2. The second-order valence-corrected chi connectivity index (χ2v) is 8.98. The van der Waals surface area contributed by atoms with Crippen LogP contribution in [-0.4, -0.2) is 49.6 Å². The molecule has 7 nitrogen and oxygen atoms in total. The molecule has 1 atom stereocenters. The minimum Gasteiger partial charge on any atom is -0.507 e. The molecule has 2 aromatic rings. The molecule has 1 saturated heterocycles. The fraction of sp³-hybridized carbons (Fsp3) is 0.300. The zero-order valence-electron chi connectivity index (χ0n) is 15.4. The van der Waals surface area contributed by atoms with Crippen LogP contribution in [0, 0.1) is 6.92 Å². The van der Waals surface area contributed by atoms with Gasteiger partial charge >= 0.3 is 5.97 Å². The van der Waals surface area contributed by atoms with E-state index in [1.54, 1.807) is 43.3 Å². The van der Waals surface area contributed by atoms with Crippen LogP contribution in [0.25, 0.3) is 0 Å². The Kier molecular flexibility index (Phi) is 5.69. The minimum atomic E-state index is -3.20. The normalized spacial score (nSPS) is 17.8. The van der Waals surface area contributed by atoms with Crippen molar-refractivity contribution in [2.45, 2.75) is 19.4 Å². The van der Waals surface area contributed by atoms with Crippen molar-refractivity contribution in [1.29, 1.82) is 0 Å². The molecule has 1 amide bonds. The highest BCUT2D eigenvalue weighted by Crippen LogP contribution is 2.25. The number of esters is 1. The first-order valence-electron chi connectivity index (χ1n) is 8.81. The van der Waals surface area contributed by atoms with Crippen LogP contribution < -0.4 is 4.90 Å². The number of aryl methyl sites for hydroxylation is 1. The lowest BCUT2D eigenvalue weighted by Crippen LogP contribution is -2.43. The molecule has 0 bridgehead atoms. The largest absolute Gasteiger partial charge is 0.507 e. The number of hydrogen-bond donors (Lipinski definition) is 1. The number of carbonyl (C=O) groups is 2. The van der Waals surface area contributed by atoms with Gasteiger partial charge in [0.15, 0.2) is 16.4 Å². The molecule has 0 aliphatic carbocycles. The van der Waals surface area contributed by atoms with Gasteiger partial charge in [-0.15, -0.1) is 0 Å². The summed E-state index contributed by atoms with van der Waals surface area (Å²) < 4.78 is 28.8. The van der Waals surface area contributed by atoms with E-state index in [0.717, 1.165) is 5.56 Å². The first-order valence-corrected chi connectivity index (χ1v) is 10.6. The smallest absolute Gasteiger partial charge is 0.342 e. The number of sulfone groups is 1. The van der Waals surface area contributed by atoms with Crippen molar-refractivity contribution in [2.24, 2.45) is 0 Å². The SMILES string of the molecule is Cc1ccc(C(=O)OCC(=O)N(c2ccccc2)[C@H]2CCS(=O)(=O)C2)c(O)c1. The van der Waals surface area contributed by atoms with E-state index < -0.39 is 34.4 Å². The lowest BCUT2D eigenvalue weighted by atomic mass is 10.1. The number of anilines is 1. The second-order valence-electron chi connectivity index (χ2n) is 6.75. The van der Waals surface area contributed by atoms with Crippen LogP contribution in [0.3, 0.4) is 0 Å². The van der Waals surface area contributed by atoms with Gasteiger partial charge in [-0.2, -0.15) is 0 Å². The quantitative estimate of drug-likeness (QED) is 0.767. The zero-order chi connectivity index (χ0) is 20.3. The fourth-order valence-electron chi connectivity index (χ4n) is 3.21. The molecule has 0 unspecified atom stereocenters. The standard InChI is InChI=1S/C20H21NO6S/c1-14-7-8-17(18(22)11-14)20(24)27-12-19(23)21(15-5-3-2-4-6-15)16-9-10-28(25,26)13-16/h2-8,11,16,22H,9-10,12-13H2,1H3/t16-/m0/s1. The van der Waals surface area contributed by atoms with Crippen molar-refractivity contribution in [1.82, 2.24) is 0 Å². The van der Waals surface area contributed by atoms with Gasteiger partial charge in [-0.25, -0.2) is 13.2 Å². The summed E-state index contributed by atoms with van der Waals surface area (Å²) in [6.07, 6.45) is 0.329. The van der Waals surface area contributed by atoms with E-state index in [1.807, 2.05) is 0 Å². The van der Waals surface area contributed by atoms with Crippen LogP contribution in [0.5, 0.6) is 5.75 Å². The van der Waals surface area contributed by atoms with E-state index >= 15 is 0 Å². The van der Waals surface area contributed by atoms with Gasteiger partial charge in [-0.3, -0.25) is 4.79 Å². The molecule has 1 aliphatic rings. The van der Waals surface area contributed by atoms with E-state index in [0.29, 0.717) is 12.1 Å². The first-order chi connectivity index (χ1) is 13.3. The molecule has 0 spiro atoms. The van der Waals surface area contributed by atoms with Gasteiger partial charge in [-0.05, 0) is 43.2 Å². The van der Waals surface area contributed by atoms with Gasteiger partial charge < -0.3 is 14.7 Å². The van der Waals surface area contributed by atoms with Crippen LogP contribution in [0.4, 0.5) is 5.69 Å². The molecule has 0 saturated carbocycles. The lowest BCUT2D eigenvalue weighted by Gasteiger charge is -2.28. The Morgan fingerprint density at radius 2 is 1.89 bits per heavy atom. The van der Waals surface area contributed by atoms with Crippen LogP contribution in [0.1, 0.15) is 22.3 Å². The molecular formula is C20H21NO6S. The molecule has 3 rings (SSSR count). The number of benzene rings is 2. The Balaban J connectivity index is 1.75. The molecule has 0 radical (unpaired) electrons. The highest BCUT2D eigenvalue weighted by Gasteiger charge is 2.35. The van der Waals surface area contributed by atoms with E-state index in [1.165, 1.54) is 17.0 Å². The Morgan fingerprint density at radius 1 is 1.18 bits per heavy atom. The van der Waals surface area contributed by atoms with E-state index in [4.69, 9.17) is 4.74 Å². The molecular weight excluding hydrogens is 382 g/mol. The predicted molar refractivity (Wildman–Crippen MR) is 104 cm³/mol. The summed E-state index contributed by atoms with van der Waals surface area (Å²) in [5, 5.41) is 9.88. The Labute approximate surface area is 163 Å². The molecule has 1 heterocycles. The van der Waals surface area contributed by atoms with Crippen molar-refractivity contribution in [3.05, 3.63) is 59.7 Å². The number of hydrogen-bond acceptors (Lipinski definition) is 6. The monoisotopic (exact) mass is 403 g/mol. The predicted octanol–water partition coefficient (Wildman–Crippen LogP) is 2.08. The summed E-state index contributed by atoms with van der Waals surface area (Å²) >= 11 is 0. The van der Waals surface area contributed by atoms with E-state index in [9.17, 15) is 23.1 Å². The van der Waals surface area contributed by atoms with Crippen LogP contribution in [0.2, 0.25) is 0 Å². The van der Waals surface area contributed by atoms with Crippen molar-refractivity contribution in [2.75, 3.05) is 23.0 Å². The lowest BCUT2D eigenvalue weighted by molar-refractivity contribution is -0.122. The molecule has 8 heteroatoms. The molecule has 0 aromatic heterocycles. The maximum Gasteiger partial charge on any atom is 0.342 e. The maximum absolute atomic E-state index is 12.8. The number of amides is 1. The average molecular weight is 403 g/mol. The van der Waals surface area contributed by atoms with Crippen molar-refractivity contribution < 1.29 is 27.9 Å². The molecule has 148 valence electrons. The first kappa shape index (κ1) is 19.9. The van der Waals surface area contributed by atoms with E-state index in [-0.39, 0.29) is 22.8 Å². The number of carbonyl (C=O) groups excluding carboxylic acids is 2. The number of phenolic OH excluding ortho intramolecular Hbond substituents is 1. The fourth-order valence-corrected chi connectivity index (χ4v) is 4.91. The highest BCUT2D eigenvalue weighted by molar-refractivity contribution is 7.91. The number of para-hydroxylation sites is 1. The number of aromatic hydroxyl groups is 1. The Bertz CT molecular complexity index is 987. The van der Waals surface area contributed by atoms with Gasteiger partial charge in [0.1, 0.15) is 11.3 Å². The van der Waals surface area contributed by atoms with Crippen LogP contribution in [0.15, 0.2) is 48.5 Å². The summed E-state index contributed by atoms with van der Waals surface area (Å²) in [5.41, 5.74) is 1.29. The summed E-state index contributed by atoms with van der Waals surface area (Å²) in [5.74, 6) is -1.67. The maximum atomic E-state index is 12.8. The minimum absolute atomic E-state index is 0.0192. The Hall–Kier alpha value is -2.87. The van der Waals surface area contributed by atoms with Gasteiger partial charge in [0.2, 0.25) is 0 Å². The molecule has 2 aromatic carbocycles. The number of phenols is 1. The third-order valence-corrected chi connectivity index (χ3v) is 6.33. The van der Waals surface area contributed by atoms with Gasteiger partial charge in [-0.1, -0.05) is 24.3 Å². The van der Waals surface area contributed by atoms with Crippen molar-refractivity contribution >= 4 is 27.4 Å². The number of nitrogens with zero attached hydrogens (tertiary/aromatic N) is 1. The average Bonchev–Trinajstić information content (AvgIpc) is 3.00. The topological polar surface area (TPSA) is 101 Å². The van der Waals surface area contributed by atoms with Crippen molar-refractivity contribution in [3.63, 3.8) is 0 Å². The number of ether oxygens (including phenoxy) is 1. The second kappa shape index (κ2) is 8.02. The Morgan fingerprint density at radius 3 is 2.50 bits per heavy atom. The summed E-state index contributed by atoms with van der Waals surface area (Å²) in [7, 11) is -3.20. The molecule has 28 heavy (non-hydrogen) atoms. The van der Waals surface area contributed by atoms with Gasteiger partial charge in [0, 0.05) is 5.69 Å². The zero-order valence-corrected chi connectivity index (χ0v) is 16.2. The van der Waals surface area contributed by atoms with Crippen molar-refractivity contribution in [3.8, 4) is 5.75 Å². The van der Waals surface area contributed by atoms with Crippen LogP contribution in [-0.2, 0) is 19.4 Å². The summed E-state index contributed by atoms with van der Waals surface area (Å²) in [6.45, 7) is 1.21. The molecule has 1 fully saturated rings. The third kappa shape index (κ3) is 4.51. The van der Waals surface area contributed by atoms with Crippen LogP contribution >= 0.6 is 0 Å².